The lowest BCUT2D eigenvalue weighted by molar-refractivity contribution is 0.289. The van der Waals surface area contributed by atoms with E-state index in [1.54, 1.807) is 0 Å². The Balaban J connectivity index is 1.89. The van der Waals surface area contributed by atoms with Crippen molar-refractivity contribution in [2.75, 3.05) is 11.6 Å². The summed E-state index contributed by atoms with van der Waals surface area (Å²) in [7, 11) is 0. The molecule has 0 N–H and O–H groups in total. The standard InChI is InChI=1S/C19H15Cl2NO3/c1-2-11-6-17(23)25-18-14(11)8-16(21)19-15(18)9-22(10-24-19)13-5-3-4-12(20)7-13/h3-8H,2,9-10H2,1H3. The van der Waals surface area contributed by atoms with E-state index in [9.17, 15) is 4.79 Å². The summed E-state index contributed by atoms with van der Waals surface area (Å²) >= 11 is 12.5. The van der Waals surface area contributed by atoms with Crippen LogP contribution in [0.4, 0.5) is 5.69 Å². The van der Waals surface area contributed by atoms with Crippen LogP contribution in [0.1, 0.15) is 18.1 Å². The van der Waals surface area contributed by atoms with Crippen LogP contribution in [-0.4, -0.2) is 6.73 Å². The first kappa shape index (κ1) is 16.3. The fraction of sp³-hybridized carbons (Fsp3) is 0.211. The van der Waals surface area contributed by atoms with Gasteiger partial charge in [-0.15, -0.1) is 0 Å². The summed E-state index contributed by atoms with van der Waals surface area (Å²) in [6.45, 7) is 2.86. The minimum atomic E-state index is -0.367. The van der Waals surface area contributed by atoms with E-state index in [2.05, 4.69) is 0 Å². The SMILES string of the molecule is CCc1cc(=O)oc2c3c(c(Cl)cc12)OCN(c1cccc(Cl)c1)C3. The molecule has 3 aromatic rings. The fourth-order valence-electron chi connectivity index (χ4n) is 3.18. The molecule has 0 fully saturated rings. The van der Waals surface area contributed by atoms with E-state index in [0.29, 0.717) is 34.7 Å². The Kier molecular flexibility index (Phi) is 4.10. The Bertz CT molecular complexity index is 1030. The minimum absolute atomic E-state index is 0.344. The van der Waals surface area contributed by atoms with E-state index in [1.807, 2.05) is 42.2 Å². The second-order valence-corrected chi connectivity index (χ2v) is 6.78. The highest BCUT2D eigenvalue weighted by atomic mass is 35.5. The topological polar surface area (TPSA) is 42.7 Å². The molecule has 6 heteroatoms. The van der Waals surface area contributed by atoms with Gasteiger partial charge in [-0.2, -0.15) is 0 Å². The first-order chi connectivity index (χ1) is 12.1. The molecule has 0 unspecified atom stereocenters. The van der Waals surface area contributed by atoms with Crippen LogP contribution in [0, 0.1) is 0 Å². The van der Waals surface area contributed by atoms with Gasteiger partial charge in [0, 0.05) is 22.2 Å². The second-order valence-electron chi connectivity index (χ2n) is 5.94. The van der Waals surface area contributed by atoms with Crippen molar-refractivity contribution in [3.63, 3.8) is 0 Å². The number of hydrogen-bond acceptors (Lipinski definition) is 4. The number of rotatable bonds is 2. The maximum atomic E-state index is 12.0. The normalized spacial score (nSPS) is 13.6. The molecule has 1 aromatic heterocycles. The number of ether oxygens (including phenoxy) is 1. The van der Waals surface area contributed by atoms with Crippen LogP contribution < -0.4 is 15.3 Å². The third kappa shape index (κ3) is 2.86. The molecular weight excluding hydrogens is 361 g/mol. The zero-order valence-corrected chi connectivity index (χ0v) is 15.0. The lowest BCUT2D eigenvalue weighted by atomic mass is 10.0. The first-order valence-corrected chi connectivity index (χ1v) is 8.74. The van der Waals surface area contributed by atoms with Crippen molar-refractivity contribution in [2.45, 2.75) is 19.9 Å². The van der Waals surface area contributed by atoms with Gasteiger partial charge in [0.25, 0.3) is 0 Å². The molecule has 25 heavy (non-hydrogen) atoms. The first-order valence-electron chi connectivity index (χ1n) is 7.98. The molecule has 0 amide bonds. The number of halogens is 2. The lowest BCUT2D eigenvalue weighted by Gasteiger charge is -2.31. The molecule has 0 saturated heterocycles. The van der Waals surface area contributed by atoms with Gasteiger partial charge in [-0.25, -0.2) is 4.79 Å². The predicted octanol–water partition coefficient (Wildman–Crippen LogP) is 5.02. The van der Waals surface area contributed by atoms with E-state index >= 15 is 0 Å². The van der Waals surface area contributed by atoms with Crippen LogP contribution in [0.15, 0.2) is 45.6 Å². The smallest absolute Gasteiger partial charge is 0.336 e. The summed E-state index contributed by atoms with van der Waals surface area (Å²) in [5.74, 6) is 0.573. The zero-order chi connectivity index (χ0) is 17.6. The van der Waals surface area contributed by atoms with Gasteiger partial charge < -0.3 is 14.1 Å². The maximum absolute atomic E-state index is 12.0. The molecule has 1 aliphatic rings. The molecule has 1 aliphatic heterocycles. The van der Waals surface area contributed by atoms with E-state index in [4.69, 9.17) is 32.4 Å². The second kappa shape index (κ2) is 6.28. The van der Waals surface area contributed by atoms with Crippen molar-refractivity contribution in [2.24, 2.45) is 0 Å². The van der Waals surface area contributed by atoms with E-state index < -0.39 is 0 Å². The van der Waals surface area contributed by atoms with Crippen LogP contribution in [0.2, 0.25) is 10.0 Å². The van der Waals surface area contributed by atoms with E-state index in [1.165, 1.54) is 6.07 Å². The molecule has 0 atom stereocenters. The van der Waals surface area contributed by atoms with Gasteiger partial charge in [-0.05, 0) is 36.2 Å². The van der Waals surface area contributed by atoms with E-state index in [-0.39, 0.29) is 5.63 Å². The number of benzene rings is 2. The number of fused-ring (bicyclic) bond motifs is 3. The Morgan fingerprint density at radius 2 is 2.04 bits per heavy atom. The largest absolute Gasteiger partial charge is 0.471 e. The minimum Gasteiger partial charge on any atom is -0.471 e. The highest BCUT2D eigenvalue weighted by molar-refractivity contribution is 6.33. The van der Waals surface area contributed by atoms with E-state index in [0.717, 1.165) is 28.6 Å². The molecule has 2 heterocycles. The summed E-state index contributed by atoms with van der Waals surface area (Å²) in [4.78, 5) is 14.0. The van der Waals surface area contributed by atoms with Gasteiger partial charge in [-0.1, -0.05) is 36.2 Å². The van der Waals surface area contributed by atoms with Crippen molar-refractivity contribution in [1.29, 1.82) is 0 Å². The van der Waals surface area contributed by atoms with Gasteiger partial charge in [0.15, 0.2) is 6.73 Å². The average Bonchev–Trinajstić information content (AvgIpc) is 2.61. The van der Waals surface area contributed by atoms with Crippen molar-refractivity contribution in [3.8, 4) is 5.75 Å². The van der Waals surface area contributed by atoms with Gasteiger partial charge in [0.1, 0.15) is 11.3 Å². The summed E-state index contributed by atoms with van der Waals surface area (Å²) in [6, 6.07) is 10.9. The Morgan fingerprint density at radius 3 is 2.80 bits per heavy atom. The van der Waals surface area contributed by atoms with Gasteiger partial charge >= 0.3 is 5.63 Å². The van der Waals surface area contributed by atoms with Crippen molar-refractivity contribution < 1.29 is 9.15 Å². The van der Waals surface area contributed by atoms with Crippen LogP contribution in [0.25, 0.3) is 11.0 Å². The molecular formula is C19H15Cl2NO3. The van der Waals surface area contributed by atoms with Crippen LogP contribution in [0.3, 0.4) is 0 Å². The van der Waals surface area contributed by atoms with Crippen molar-refractivity contribution in [1.82, 2.24) is 0 Å². The summed E-state index contributed by atoms with van der Waals surface area (Å²) in [6.07, 6.45) is 0.718. The van der Waals surface area contributed by atoms with Crippen LogP contribution in [-0.2, 0) is 13.0 Å². The molecule has 128 valence electrons. The third-order valence-corrected chi connectivity index (χ3v) is 4.91. The molecule has 4 nitrogen and oxygen atoms in total. The number of anilines is 1. The monoisotopic (exact) mass is 375 g/mol. The highest BCUT2D eigenvalue weighted by Crippen LogP contribution is 2.40. The number of hydrogen-bond donors (Lipinski definition) is 0. The molecule has 0 aliphatic carbocycles. The summed E-state index contributed by atoms with van der Waals surface area (Å²) < 4.78 is 11.4. The lowest BCUT2D eigenvalue weighted by Crippen LogP contribution is -2.32. The van der Waals surface area contributed by atoms with Gasteiger partial charge in [0.05, 0.1) is 17.1 Å². The molecule has 0 bridgehead atoms. The molecule has 0 saturated carbocycles. The predicted molar refractivity (Wildman–Crippen MR) is 100 cm³/mol. The summed E-state index contributed by atoms with van der Waals surface area (Å²) in [5.41, 5.74) is 2.79. The van der Waals surface area contributed by atoms with Gasteiger partial charge in [0.2, 0.25) is 0 Å². The molecule has 4 rings (SSSR count). The highest BCUT2D eigenvalue weighted by Gasteiger charge is 2.25. The Labute approximate surface area is 154 Å². The Morgan fingerprint density at radius 1 is 1.20 bits per heavy atom. The van der Waals surface area contributed by atoms with Crippen LogP contribution >= 0.6 is 23.2 Å². The zero-order valence-electron chi connectivity index (χ0n) is 13.5. The quantitative estimate of drug-likeness (QED) is 0.589. The average molecular weight is 376 g/mol. The molecule has 2 aromatic carbocycles. The van der Waals surface area contributed by atoms with Crippen molar-refractivity contribution >= 4 is 39.9 Å². The fourth-order valence-corrected chi connectivity index (χ4v) is 3.64. The number of nitrogens with zero attached hydrogens (tertiary/aromatic N) is 1. The van der Waals surface area contributed by atoms with Crippen molar-refractivity contribution in [3.05, 3.63) is 68.0 Å². The maximum Gasteiger partial charge on any atom is 0.336 e. The van der Waals surface area contributed by atoms with Gasteiger partial charge in [-0.3, -0.25) is 0 Å². The molecule has 0 spiro atoms. The Hall–Kier alpha value is -2.17. The third-order valence-electron chi connectivity index (χ3n) is 4.39. The summed E-state index contributed by atoms with van der Waals surface area (Å²) in [5, 5.41) is 2.03. The number of aryl methyl sites for hydroxylation is 1. The van der Waals surface area contributed by atoms with Crippen LogP contribution in [0.5, 0.6) is 5.75 Å². The molecule has 0 radical (unpaired) electrons.